The molecule has 1 aromatic carbocycles. The van der Waals surface area contributed by atoms with Gasteiger partial charge in [0.25, 0.3) is 0 Å². The van der Waals surface area contributed by atoms with E-state index < -0.39 is 11.9 Å². The van der Waals surface area contributed by atoms with Crippen molar-refractivity contribution in [3.05, 3.63) is 29.8 Å². The minimum absolute atomic E-state index is 0.223. The zero-order chi connectivity index (χ0) is 11.3. The topological polar surface area (TPSA) is 23.8 Å². The first-order chi connectivity index (χ1) is 7.01. The van der Waals surface area contributed by atoms with Crippen molar-refractivity contribution in [1.82, 2.24) is 0 Å². The van der Waals surface area contributed by atoms with Gasteiger partial charge in [0.05, 0.1) is 18.2 Å². The Bertz CT molecular complexity index is 368. The molecule has 0 aliphatic heterocycles. The van der Waals surface area contributed by atoms with Gasteiger partial charge in [0, 0.05) is 4.90 Å². The minimum atomic E-state index is -4.16. The normalized spacial score (nSPS) is 11.1. The summed E-state index contributed by atoms with van der Waals surface area (Å²) in [6, 6.07) is 8.55. The van der Waals surface area contributed by atoms with Gasteiger partial charge in [-0.25, -0.2) is 0 Å². The van der Waals surface area contributed by atoms with Crippen molar-refractivity contribution in [2.45, 2.75) is 17.5 Å². The van der Waals surface area contributed by atoms with E-state index in [0.29, 0.717) is 4.90 Å². The second-order valence-corrected chi connectivity index (χ2v) is 3.93. The predicted molar refractivity (Wildman–Crippen MR) is 52.5 cm³/mol. The summed E-state index contributed by atoms with van der Waals surface area (Å²) in [5, 5.41) is 8.43. The fourth-order valence-corrected chi connectivity index (χ4v) is 1.74. The van der Waals surface area contributed by atoms with Crippen molar-refractivity contribution in [2.24, 2.45) is 0 Å². The number of hydrogen-bond acceptors (Lipinski definition) is 2. The molecular weight excluding hydrogens is 223 g/mol. The molecule has 0 aromatic heterocycles. The van der Waals surface area contributed by atoms with Crippen molar-refractivity contribution >= 4 is 11.8 Å². The molecule has 1 rings (SSSR count). The van der Waals surface area contributed by atoms with Crippen LogP contribution in [0.5, 0.6) is 0 Å². The first kappa shape index (κ1) is 11.9. The monoisotopic (exact) mass is 231 g/mol. The Morgan fingerprint density at radius 3 is 2.67 bits per heavy atom. The number of hydrogen-bond donors (Lipinski definition) is 0. The molecule has 0 aliphatic carbocycles. The van der Waals surface area contributed by atoms with Crippen LogP contribution in [-0.2, 0) is 6.42 Å². The third-order valence-corrected chi connectivity index (χ3v) is 2.64. The maximum atomic E-state index is 11.9. The van der Waals surface area contributed by atoms with Gasteiger partial charge in [-0.2, -0.15) is 18.4 Å². The number of alkyl halides is 3. The van der Waals surface area contributed by atoms with Gasteiger partial charge >= 0.3 is 6.18 Å². The molecule has 0 saturated carbocycles. The van der Waals surface area contributed by atoms with Gasteiger partial charge in [0.2, 0.25) is 0 Å². The third-order valence-electron chi connectivity index (χ3n) is 1.58. The predicted octanol–water partition coefficient (Wildman–Crippen LogP) is 3.41. The van der Waals surface area contributed by atoms with E-state index in [0.717, 1.165) is 17.3 Å². The van der Waals surface area contributed by atoms with Crippen molar-refractivity contribution in [1.29, 1.82) is 5.26 Å². The highest BCUT2D eigenvalue weighted by atomic mass is 32.2. The molecule has 80 valence electrons. The lowest BCUT2D eigenvalue weighted by Gasteiger charge is -2.06. The van der Waals surface area contributed by atoms with E-state index in [1.54, 1.807) is 24.3 Å². The molecule has 0 atom stereocenters. The zero-order valence-electron chi connectivity index (χ0n) is 7.71. The number of halogens is 3. The van der Waals surface area contributed by atoms with E-state index in [1.807, 2.05) is 6.07 Å². The van der Waals surface area contributed by atoms with Crippen molar-refractivity contribution in [3.8, 4) is 6.07 Å². The summed E-state index contributed by atoms with van der Waals surface area (Å²) >= 11 is 0.733. The molecule has 1 aromatic rings. The van der Waals surface area contributed by atoms with Gasteiger partial charge in [-0.1, -0.05) is 12.1 Å². The van der Waals surface area contributed by atoms with E-state index in [4.69, 9.17) is 5.26 Å². The smallest absolute Gasteiger partial charge is 0.198 e. The van der Waals surface area contributed by atoms with Gasteiger partial charge in [-0.3, -0.25) is 0 Å². The molecule has 0 saturated heterocycles. The van der Waals surface area contributed by atoms with Gasteiger partial charge in [-0.15, -0.1) is 11.8 Å². The van der Waals surface area contributed by atoms with Crippen LogP contribution in [0.15, 0.2) is 29.2 Å². The summed E-state index contributed by atoms with van der Waals surface area (Å²) in [6.07, 6.45) is -3.93. The van der Waals surface area contributed by atoms with E-state index in [1.165, 1.54) is 0 Å². The molecule has 0 N–H and O–H groups in total. The van der Waals surface area contributed by atoms with Crippen LogP contribution in [0.2, 0.25) is 0 Å². The summed E-state index contributed by atoms with van der Waals surface area (Å²) in [6.45, 7) is 0. The molecular formula is C10H8F3NS. The molecule has 0 heterocycles. The summed E-state index contributed by atoms with van der Waals surface area (Å²) in [4.78, 5) is 0.542. The SMILES string of the molecule is N#CCc1cccc(SCC(F)(F)F)c1. The zero-order valence-corrected chi connectivity index (χ0v) is 8.53. The maximum Gasteiger partial charge on any atom is 0.398 e. The second-order valence-electron chi connectivity index (χ2n) is 2.89. The van der Waals surface area contributed by atoms with Gasteiger partial charge in [0.1, 0.15) is 0 Å². The number of benzene rings is 1. The first-order valence-corrected chi connectivity index (χ1v) is 5.15. The van der Waals surface area contributed by atoms with Crippen molar-refractivity contribution < 1.29 is 13.2 Å². The highest BCUT2D eigenvalue weighted by Gasteiger charge is 2.27. The third kappa shape index (κ3) is 4.75. The fraction of sp³-hybridized carbons (Fsp3) is 0.300. The standard InChI is InChI=1S/C10H8F3NS/c11-10(12,13)7-15-9-3-1-2-8(6-9)4-5-14/h1-3,6H,4,7H2. The maximum absolute atomic E-state index is 11.9. The molecule has 0 aliphatic rings. The molecule has 0 spiro atoms. The van der Waals surface area contributed by atoms with E-state index in [9.17, 15) is 13.2 Å². The summed E-state index contributed by atoms with van der Waals surface area (Å²) in [5.74, 6) is -0.900. The second kappa shape index (κ2) is 5.08. The lowest BCUT2D eigenvalue weighted by molar-refractivity contribution is -0.105. The molecule has 0 fully saturated rings. The van der Waals surface area contributed by atoms with Crippen molar-refractivity contribution in [2.75, 3.05) is 5.75 Å². The fourth-order valence-electron chi connectivity index (χ4n) is 1.00. The van der Waals surface area contributed by atoms with Crippen LogP contribution < -0.4 is 0 Å². The molecule has 0 amide bonds. The first-order valence-electron chi connectivity index (χ1n) is 4.17. The minimum Gasteiger partial charge on any atom is -0.198 e. The Hall–Kier alpha value is -1.15. The quantitative estimate of drug-likeness (QED) is 0.744. The highest BCUT2D eigenvalue weighted by Crippen LogP contribution is 2.27. The van der Waals surface area contributed by atoms with E-state index in [-0.39, 0.29) is 6.42 Å². The summed E-state index contributed by atoms with van der Waals surface area (Å²) < 4.78 is 35.8. The lowest BCUT2D eigenvalue weighted by Crippen LogP contribution is -2.10. The van der Waals surface area contributed by atoms with Crippen LogP contribution in [0.1, 0.15) is 5.56 Å². The van der Waals surface area contributed by atoms with Crippen LogP contribution in [0.4, 0.5) is 13.2 Å². The molecule has 5 heteroatoms. The Labute approximate surface area is 89.9 Å². The Balaban J connectivity index is 2.62. The summed E-state index contributed by atoms with van der Waals surface area (Å²) in [7, 11) is 0. The van der Waals surface area contributed by atoms with E-state index >= 15 is 0 Å². The number of rotatable bonds is 3. The van der Waals surface area contributed by atoms with Crippen LogP contribution in [0.25, 0.3) is 0 Å². The van der Waals surface area contributed by atoms with Crippen LogP contribution in [-0.4, -0.2) is 11.9 Å². The Kier molecular flexibility index (Phi) is 4.04. The van der Waals surface area contributed by atoms with Gasteiger partial charge < -0.3 is 0 Å². The van der Waals surface area contributed by atoms with Gasteiger partial charge in [-0.05, 0) is 17.7 Å². The molecule has 15 heavy (non-hydrogen) atoms. The number of thioether (sulfide) groups is 1. The average molecular weight is 231 g/mol. The van der Waals surface area contributed by atoms with Gasteiger partial charge in [0.15, 0.2) is 0 Å². The number of nitriles is 1. The molecule has 0 bridgehead atoms. The number of nitrogens with zero attached hydrogens (tertiary/aromatic N) is 1. The largest absolute Gasteiger partial charge is 0.398 e. The van der Waals surface area contributed by atoms with Crippen molar-refractivity contribution in [3.63, 3.8) is 0 Å². The highest BCUT2D eigenvalue weighted by molar-refractivity contribution is 7.99. The Morgan fingerprint density at radius 2 is 2.07 bits per heavy atom. The van der Waals surface area contributed by atoms with Crippen LogP contribution in [0.3, 0.4) is 0 Å². The molecule has 0 radical (unpaired) electrons. The Morgan fingerprint density at radius 1 is 1.33 bits per heavy atom. The molecule has 1 nitrogen and oxygen atoms in total. The summed E-state index contributed by atoms with van der Waals surface area (Å²) in [5.41, 5.74) is 0.740. The average Bonchev–Trinajstić information content (AvgIpc) is 2.15. The van der Waals surface area contributed by atoms with Crippen LogP contribution in [0, 0.1) is 11.3 Å². The lowest BCUT2D eigenvalue weighted by atomic mass is 10.2. The van der Waals surface area contributed by atoms with Crippen LogP contribution >= 0.6 is 11.8 Å². The molecule has 0 unspecified atom stereocenters. The van der Waals surface area contributed by atoms with E-state index in [2.05, 4.69) is 0 Å².